The lowest BCUT2D eigenvalue weighted by Gasteiger charge is -2.17. The molecule has 0 saturated heterocycles. The molecule has 1 fully saturated rings. The second-order valence-corrected chi connectivity index (χ2v) is 5.90. The molecule has 0 aromatic heterocycles. The molecule has 1 N–H and O–H groups in total. The summed E-state index contributed by atoms with van der Waals surface area (Å²) in [5, 5.41) is 3.66. The quantitative estimate of drug-likeness (QED) is 0.852. The number of ether oxygens (including phenoxy) is 1. The van der Waals surface area contributed by atoms with Crippen molar-refractivity contribution in [1.29, 1.82) is 0 Å². The van der Waals surface area contributed by atoms with Crippen LogP contribution in [-0.2, 0) is 0 Å². The van der Waals surface area contributed by atoms with Gasteiger partial charge in [-0.25, -0.2) is 0 Å². The Labute approximate surface area is 111 Å². The molecule has 1 saturated carbocycles. The van der Waals surface area contributed by atoms with Crippen LogP contribution in [0.2, 0.25) is 0 Å². The Balaban J connectivity index is 2.01. The zero-order valence-electron chi connectivity index (χ0n) is 12.0. The minimum Gasteiger partial charge on any atom is -0.491 e. The van der Waals surface area contributed by atoms with E-state index in [9.17, 15) is 0 Å². The van der Waals surface area contributed by atoms with Gasteiger partial charge in [0.2, 0.25) is 0 Å². The van der Waals surface area contributed by atoms with E-state index in [1.807, 2.05) is 0 Å². The average Bonchev–Trinajstić information content (AvgIpc) is 2.67. The fourth-order valence-electron chi connectivity index (χ4n) is 2.70. The molecule has 100 valence electrons. The van der Waals surface area contributed by atoms with Gasteiger partial charge in [-0.15, -0.1) is 0 Å². The molecule has 1 aliphatic carbocycles. The molecule has 0 bridgehead atoms. The van der Waals surface area contributed by atoms with Crippen molar-refractivity contribution in [1.82, 2.24) is 0 Å². The number of nitrogens with one attached hydrogen (secondary N) is 1. The SMILES string of the molecule is Cc1cc(OC(C)C)ccc1NC1CCC(C)C1. The maximum absolute atomic E-state index is 5.71. The van der Waals surface area contributed by atoms with E-state index < -0.39 is 0 Å². The zero-order valence-corrected chi connectivity index (χ0v) is 12.0. The van der Waals surface area contributed by atoms with E-state index in [1.165, 1.54) is 30.5 Å². The summed E-state index contributed by atoms with van der Waals surface area (Å²) in [7, 11) is 0. The second kappa shape index (κ2) is 5.64. The van der Waals surface area contributed by atoms with Crippen molar-refractivity contribution in [2.75, 3.05) is 5.32 Å². The summed E-state index contributed by atoms with van der Waals surface area (Å²) in [6.07, 6.45) is 4.18. The van der Waals surface area contributed by atoms with Crippen molar-refractivity contribution >= 4 is 5.69 Å². The Morgan fingerprint density at radius 1 is 1.28 bits per heavy atom. The van der Waals surface area contributed by atoms with Gasteiger partial charge in [0.1, 0.15) is 5.75 Å². The van der Waals surface area contributed by atoms with Crippen LogP contribution in [0.15, 0.2) is 18.2 Å². The molecule has 1 aromatic carbocycles. The van der Waals surface area contributed by atoms with E-state index >= 15 is 0 Å². The highest BCUT2D eigenvalue weighted by Crippen LogP contribution is 2.29. The van der Waals surface area contributed by atoms with E-state index in [4.69, 9.17) is 4.74 Å². The van der Waals surface area contributed by atoms with Crippen molar-refractivity contribution in [3.8, 4) is 5.75 Å². The topological polar surface area (TPSA) is 21.3 Å². The Kier molecular flexibility index (Phi) is 4.15. The van der Waals surface area contributed by atoms with Crippen LogP contribution in [0, 0.1) is 12.8 Å². The standard InChI is InChI=1S/C16H25NO/c1-11(2)18-15-7-8-16(13(4)10-15)17-14-6-5-12(3)9-14/h7-8,10-12,14,17H,5-6,9H2,1-4H3. The van der Waals surface area contributed by atoms with Gasteiger partial charge in [0.25, 0.3) is 0 Å². The summed E-state index contributed by atoms with van der Waals surface area (Å²) in [4.78, 5) is 0. The molecule has 1 aromatic rings. The van der Waals surface area contributed by atoms with Crippen LogP contribution >= 0.6 is 0 Å². The number of aryl methyl sites for hydroxylation is 1. The van der Waals surface area contributed by atoms with Crippen molar-refractivity contribution in [3.05, 3.63) is 23.8 Å². The molecule has 0 radical (unpaired) electrons. The Morgan fingerprint density at radius 2 is 2.06 bits per heavy atom. The highest BCUT2D eigenvalue weighted by atomic mass is 16.5. The van der Waals surface area contributed by atoms with E-state index in [1.54, 1.807) is 0 Å². The van der Waals surface area contributed by atoms with Crippen molar-refractivity contribution < 1.29 is 4.74 Å². The summed E-state index contributed by atoms with van der Waals surface area (Å²) in [5.41, 5.74) is 2.53. The average molecular weight is 247 g/mol. The highest BCUT2D eigenvalue weighted by molar-refractivity contribution is 5.54. The first-order valence-corrected chi connectivity index (χ1v) is 7.08. The van der Waals surface area contributed by atoms with E-state index in [-0.39, 0.29) is 6.10 Å². The van der Waals surface area contributed by atoms with Crippen molar-refractivity contribution in [2.45, 2.75) is 59.1 Å². The van der Waals surface area contributed by atoms with Gasteiger partial charge in [-0.3, -0.25) is 0 Å². The molecular weight excluding hydrogens is 222 g/mol. The van der Waals surface area contributed by atoms with E-state index in [0.29, 0.717) is 6.04 Å². The number of benzene rings is 1. The fourth-order valence-corrected chi connectivity index (χ4v) is 2.70. The van der Waals surface area contributed by atoms with Crippen LogP contribution in [0.25, 0.3) is 0 Å². The predicted octanol–water partition coefficient (Wildman–Crippen LogP) is 4.38. The molecule has 0 heterocycles. The lowest BCUT2D eigenvalue weighted by Crippen LogP contribution is -2.16. The van der Waals surface area contributed by atoms with Gasteiger partial charge in [0, 0.05) is 11.7 Å². The normalized spacial score (nSPS) is 23.4. The zero-order chi connectivity index (χ0) is 13.1. The number of anilines is 1. The first-order chi connectivity index (χ1) is 8.54. The monoisotopic (exact) mass is 247 g/mol. The van der Waals surface area contributed by atoms with Gasteiger partial charge < -0.3 is 10.1 Å². The number of hydrogen-bond donors (Lipinski definition) is 1. The maximum atomic E-state index is 5.71. The predicted molar refractivity (Wildman–Crippen MR) is 77.4 cm³/mol. The Hall–Kier alpha value is -1.18. The molecule has 2 heteroatoms. The fraction of sp³-hybridized carbons (Fsp3) is 0.625. The molecule has 2 rings (SSSR count). The van der Waals surface area contributed by atoms with Crippen molar-refractivity contribution in [3.63, 3.8) is 0 Å². The maximum Gasteiger partial charge on any atom is 0.120 e. The third kappa shape index (κ3) is 3.41. The van der Waals surface area contributed by atoms with Crippen LogP contribution in [0.1, 0.15) is 45.6 Å². The first-order valence-electron chi connectivity index (χ1n) is 7.08. The summed E-state index contributed by atoms with van der Waals surface area (Å²) >= 11 is 0. The lowest BCUT2D eigenvalue weighted by molar-refractivity contribution is 0.242. The van der Waals surface area contributed by atoms with Gasteiger partial charge in [-0.2, -0.15) is 0 Å². The van der Waals surface area contributed by atoms with E-state index in [2.05, 4.69) is 51.2 Å². The van der Waals surface area contributed by atoms with Crippen LogP contribution in [0.3, 0.4) is 0 Å². The lowest BCUT2D eigenvalue weighted by atomic mass is 10.1. The number of rotatable bonds is 4. The minimum absolute atomic E-state index is 0.235. The Morgan fingerprint density at radius 3 is 2.61 bits per heavy atom. The molecule has 0 spiro atoms. The molecule has 18 heavy (non-hydrogen) atoms. The van der Waals surface area contributed by atoms with Crippen LogP contribution < -0.4 is 10.1 Å². The summed E-state index contributed by atoms with van der Waals surface area (Å²) < 4.78 is 5.71. The van der Waals surface area contributed by atoms with E-state index in [0.717, 1.165) is 11.7 Å². The molecule has 0 aliphatic heterocycles. The first kappa shape index (κ1) is 13.3. The molecular formula is C16H25NO. The molecule has 2 atom stereocenters. The van der Waals surface area contributed by atoms with Gasteiger partial charge in [-0.05, 0) is 69.7 Å². The van der Waals surface area contributed by atoms with Crippen LogP contribution in [0.4, 0.5) is 5.69 Å². The van der Waals surface area contributed by atoms with Crippen LogP contribution in [-0.4, -0.2) is 12.1 Å². The largest absolute Gasteiger partial charge is 0.491 e. The minimum atomic E-state index is 0.235. The third-order valence-electron chi connectivity index (χ3n) is 3.62. The van der Waals surface area contributed by atoms with Gasteiger partial charge in [0.05, 0.1) is 6.10 Å². The summed E-state index contributed by atoms with van der Waals surface area (Å²) in [6.45, 7) is 8.60. The molecule has 2 nitrogen and oxygen atoms in total. The highest BCUT2D eigenvalue weighted by Gasteiger charge is 2.21. The Bertz CT molecular complexity index is 400. The summed E-state index contributed by atoms with van der Waals surface area (Å²) in [5.74, 6) is 1.83. The molecule has 2 unspecified atom stereocenters. The smallest absolute Gasteiger partial charge is 0.120 e. The van der Waals surface area contributed by atoms with Gasteiger partial charge in [-0.1, -0.05) is 6.92 Å². The second-order valence-electron chi connectivity index (χ2n) is 5.90. The number of hydrogen-bond acceptors (Lipinski definition) is 2. The van der Waals surface area contributed by atoms with Crippen LogP contribution in [0.5, 0.6) is 5.75 Å². The van der Waals surface area contributed by atoms with Gasteiger partial charge >= 0.3 is 0 Å². The molecule has 0 amide bonds. The third-order valence-corrected chi connectivity index (χ3v) is 3.62. The molecule has 1 aliphatic rings. The van der Waals surface area contributed by atoms with Crippen molar-refractivity contribution in [2.24, 2.45) is 5.92 Å². The summed E-state index contributed by atoms with van der Waals surface area (Å²) in [6, 6.07) is 6.99. The van der Waals surface area contributed by atoms with Gasteiger partial charge in [0.15, 0.2) is 0 Å².